The van der Waals surface area contributed by atoms with Crippen molar-refractivity contribution in [3.05, 3.63) is 129 Å². The molecule has 4 heterocycles. The number of rotatable bonds is 5. The summed E-state index contributed by atoms with van der Waals surface area (Å²) in [6.45, 7) is 1.74. The zero-order valence-corrected chi connectivity index (χ0v) is 23.0. The standard InChI is InChI=1S/C34H24N2O7/c1-2-34(43-32(39)21-11-7-4-8-12-21)26-17-28-29-23(18-36(28)30(37)25(26)19-41-33(34)40)15-22-16-24(13-14-27(22)35-29)42-31(38)20-9-5-3-6-10-20/h3-17H,2,18-19H2,1H3/t34-/m0/s1. The van der Waals surface area contributed by atoms with Gasteiger partial charge in [0, 0.05) is 16.5 Å². The number of pyridine rings is 2. The van der Waals surface area contributed by atoms with Crippen molar-refractivity contribution in [2.24, 2.45) is 0 Å². The molecular weight excluding hydrogens is 548 g/mol. The molecule has 0 N–H and O–H groups in total. The fourth-order valence-corrected chi connectivity index (χ4v) is 5.72. The van der Waals surface area contributed by atoms with Gasteiger partial charge in [-0.2, -0.15) is 0 Å². The van der Waals surface area contributed by atoms with Crippen LogP contribution < -0.4 is 10.3 Å². The number of cyclic esters (lactones) is 1. The lowest BCUT2D eigenvalue weighted by molar-refractivity contribution is -0.173. The second-order valence-corrected chi connectivity index (χ2v) is 10.4. The van der Waals surface area contributed by atoms with Gasteiger partial charge in [-0.05, 0) is 61.0 Å². The summed E-state index contributed by atoms with van der Waals surface area (Å²) in [4.78, 5) is 57.5. The Balaban J connectivity index is 1.28. The zero-order valence-electron chi connectivity index (χ0n) is 23.0. The molecule has 2 aliphatic heterocycles. The van der Waals surface area contributed by atoms with E-state index < -0.39 is 23.5 Å². The normalized spacial score (nSPS) is 16.5. The van der Waals surface area contributed by atoms with Crippen LogP contribution in [0.2, 0.25) is 0 Å². The molecule has 0 fully saturated rings. The van der Waals surface area contributed by atoms with Crippen molar-refractivity contribution in [1.82, 2.24) is 9.55 Å². The Hall–Kier alpha value is -5.57. The van der Waals surface area contributed by atoms with Crippen molar-refractivity contribution in [1.29, 1.82) is 0 Å². The molecule has 0 aliphatic carbocycles. The number of esters is 3. The molecule has 0 saturated carbocycles. The van der Waals surface area contributed by atoms with Crippen LogP contribution in [-0.2, 0) is 33.0 Å². The second-order valence-electron chi connectivity index (χ2n) is 10.4. The molecule has 9 heteroatoms. The fraction of sp³-hybridized carbons (Fsp3) is 0.147. The molecule has 2 aromatic heterocycles. The lowest BCUT2D eigenvalue weighted by atomic mass is 9.85. The van der Waals surface area contributed by atoms with E-state index in [0.29, 0.717) is 33.8 Å². The van der Waals surface area contributed by atoms with Gasteiger partial charge in [0.05, 0.1) is 40.1 Å². The summed E-state index contributed by atoms with van der Waals surface area (Å²) in [7, 11) is 0. The summed E-state index contributed by atoms with van der Waals surface area (Å²) in [5.41, 5.74) is 1.68. The summed E-state index contributed by atoms with van der Waals surface area (Å²) < 4.78 is 18.5. The van der Waals surface area contributed by atoms with E-state index in [1.165, 1.54) is 0 Å². The molecule has 0 saturated heterocycles. The van der Waals surface area contributed by atoms with Crippen molar-refractivity contribution in [3.63, 3.8) is 0 Å². The van der Waals surface area contributed by atoms with Gasteiger partial charge < -0.3 is 18.8 Å². The average Bonchev–Trinajstić information content (AvgIpc) is 3.39. The average molecular weight is 573 g/mol. The first kappa shape index (κ1) is 26.3. The van der Waals surface area contributed by atoms with E-state index in [-0.39, 0.29) is 36.3 Å². The van der Waals surface area contributed by atoms with E-state index in [9.17, 15) is 19.2 Å². The molecule has 0 spiro atoms. The van der Waals surface area contributed by atoms with Crippen LogP contribution in [0.25, 0.3) is 22.3 Å². The smallest absolute Gasteiger partial charge is 0.355 e. The molecule has 7 rings (SSSR count). The lowest BCUT2D eigenvalue weighted by Crippen LogP contribution is -2.47. The number of carbonyl (C=O) groups is 3. The highest BCUT2D eigenvalue weighted by molar-refractivity contribution is 5.94. The largest absolute Gasteiger partial charge is 0.457 e. The minimum Gasteiger partial charge on any atom is -0.457 e. The van der Waals surface area contributed by atoms with E-state index in [2.05, 4.69) is 0 Å². The molecule has 43 heavy (non-hydrogen) atoms. The van der Waals surface area contributed by atoms with E-state index in [0.717, 1.165) is 10.9 Å². The Labute approximate surface area is 245 Å². The summed E-state index contributed by atoms with van der Waals surface area (Å²) in [5, 5.41) is 0.737. The van der Waals surface area contributed by atoms with Crippen LogP contribution in [0.15, 0.2) is 95.8 Å². The molecule has 212 valence electrons. The number of hydrogen-bond donors (Lipinski definition) is 0. The maximum Gasteiger partial charge on any atom is 0.355 e. The van der Waals surface area contributed by atoms with E-state index in [1.807, 2.05) is 12.1 Å². The number of aromatic nitrogens is 2. The Morgan fingerprint density at radius 2 is 1.60 bits per heavy atom. The number of ether oxygens (including phenoxy) is 3. The second kappa shape index (κ2) is 10.1. The first-order valence-corrected chi connectivity index (χ1v) is 13.8. The Morgan fingerprint density at radius 3 is 2.30 bits per heavy atom. The van der Waals surface area contributed by atoms with Crippen molar-refractivity contribution in [3.8, 4) is 17.1 Å². The third-order valence-corrected chi connectivity index (χ3v) is 7.94. The summed E-state index contributed by atoms with van der Waals surface area (Å²) >= 11 is 0. The van der Waals surface area contributed by atoms with Gasteiger partial charge in [0.2, 0.25) is 5.60 Å². The Kier molecular flexibility index (Phi) is 6.16. The molecule has 0 amide bonds. The molecule has 0 radical (unpaired) electrons. The van der Waals surface area contributed by atoms with Crippen LogP contribution >= 0.6 is 0 Å². The third-order valence-electron chi connectivity index (χ3n) is 7.94. The maximum absolute atomic E-state index is 13.8. The van der Waals surface area contributed by atoms with Crippen molar-refractivity contribution >= 4 is 28.8 Å². The zero-order chi connectivity index (χ0) is 29.7. The predicted octanol–water partition coefficient (Wildman–Crippen LogP) is 5.16. The topological polar surface area (TPSA) is 114 Å². The van der Waals surface area contributed by atoms with Crippen molar-refractivity contribution in [2.75, 3.05) is 0 Å². The van der Waals surface area contributed by atoms with Gasteiger partial charge in [0.1, 0.15) is 12.4 Å². The minimum absolute atomic E-state index is 0.0722. The van der Waals surface area contributed by atoms with Crippen LogP contribution in [0.5, 0.6) is 5.75 Å². The quantitative estimate of drug-likeness (QED) is 0.206. The number of hydrogen-bond acceptors (Lipinski definition) is 8. The first-order chi connectivity index (χ1) is 20.9. The molecule has 3 aromatic carbocycles. The number of carbonyl (C=O) groups excluding carboxylic acids is 3. The van der Waals surface area contributed by atoms with E-state index in [1.54, 1.807) is 90.4 Å². The predicted molar refractivity (Wildman–Crippen MR) is 156 cm³/mol. The molecular formula is C34H24N2O7. The SMILES string of the molecule is CC[C@@]1(OC(=O)c2ccccc2)C(=O)OCc2c1cc1n(c2=O)Cc2cc3cc(OC(=O)c4ccccc4)ccc3nc2-1. The number of benzene rings is 3. The maximum atomic E-state index is 13.8. The summed E-state index contributed by atoms with van der Waals surface area (Å²) in [5.74, 6) is -1.52. The summed E-state index contributed by atoms with van der Waals surface area (Å²) in [6, 6.07) is 25.9. The van der Waals surface area contributed by atoms with E-state index >= 15 is 0 Å². The van der Waals surface area contributed by atoms with Crippen LogP contribution in [0.3, 0.4) is 0 Å². The Morgan fingerprint density at radius 1 is 0.907 bits per heavy atom. The van der Waals surface area contributed by atoms with Crippen molar-refractivity contribution < 1.29 is 28.6 Å². The highest BCUT2D eigenvalue weighted by Gasteiger charge is 2.50. The van der Waals surface area contributed by atoms with Crippen LogP contribution in [0.4, 0.5) is 0 Å². The van der Waals surface area contributed by atoms with Gasteiger partial charge in [0.25, 0.3) is 5.56 Å². The molecule has 9 nitrogen and oxygen atoms in total. The summed E-state index contributed by atoms with van der Waals surface area (Å²) in [6.07, 6.45) is 0.0722. The van der Waals surface area contributed by atoms with Crippen molar-refractivity contribution in [2.45, 2.75) is 32.1 Å². The molecule has 0 unspecified atom stereocenters. The van der Waals surface area contributed by atoms with Gasteiger partial charge in [0.15, 0.2) is 0 Å². The van der Waals surface area contributed by atoms with E-state index in [4.69, 9.17) is 19.2 Å². The number of fused-ring (bicyclic) bond motifs is 5. The number of nitrogens with zero attached hydrogens (tertiary/aromatic N) is 2. The van der Waals surface area contributed by atoms with Gasteiger partial charge in [-0.3, -0.25) is 4.79 Å². The van der Waals surface area contributed by atoms with Crippen LogP contribution in [-0.4, -0.2) is 27.5 Å². The highest BCUT2D eigenvalue weighted by atomic mass is 16.6. The molecule has 0 bridgehead atoms. The Bertz CT molecular complexity index is 2020. The molecule has 1 atom stereocenters. The monoisotopic (exact) mass is 572 g/mol. The van der Waals surface area contributed by atoms with Crippen LogP contribution in [0.1, 0.15) is 50.8 Å². The van der Waals surface area contributed by atoms with Gasteiger partial charge in [-0.25, -0.2) is 19.4 Å². The minimum atomic E-state index is -1.79. The lowest BCUT2D eigenvalue weighted by Gasteiger charge is -2.35. The fourth-order valence-electron chi connectivity index (χ4n) is 5.72. The third kappa shape index (κ3) is 4.28. The molecule has 2 aliphatic rings. The first-order valence-electron chi connectivity index (χ1n) is 13.8. The van der Waals surface area contributed by atoms with Gasteiger partial charge in [-0.1, -0.05) is 43.3 Å². The molecule has 5 aromatic rings. The highest BCUT2D eigenvalue weighted by Crippen LogP contribution is 2.41. The van der Waals surface area contributed by atoms with Gasteiger partial charge in [-0.15, -0.1) is 0 Å². The van der Waals surface area contributed by atoms with Gasteiger partial charge >= 0.3 is 17.9 Å². The van der Waals surface area contributed by atoms with Crippen LogP contribution in [0, 0.1) is 0 Å².